The minimum atomic E-state index is 0.0686. The van der Waals surface area contributed by atoms with E-state index in [4.69, 9.17) is 9.47 Å². The molecule has 0 spiro atoms. The predicted octanol–water partition coefficient (Wildman–Crippen LogP) is 4.81. The van der Waals surface area contributed by atoms with Gasteiger partial charge in [0.05, 0.1) is 14.2 Å². The topological polar surface area (TPSA) is 28.2 Å². The molecule has 0 aliphatic carbocycles. The smallest absolute Gasteiger partial charge is 0.132 e. The molecule has 2 aliphatic rings. The average molecular weight is 387 g/mol. The maximum Gasteiger partial charge on any atom is 0.132 e. The van der Waals surface area contributed by atoms with Gasteiger partial charge in [0.2, 0.25) is 0 Å². The SMILES string of the molecule is COc1cc(OC)cc(N2C3c4ccccc4N(C)C2c2ccccc2N3C)c1. The van der Waals surface area contributed by atoms with E-state index >= 15 is 0 Å². The molecule has 5 rings (SSSR count). The van der Waals surface area contributed by atoms with E-state index in [1.54, 1.807) is 14.2 Å². The van der Waals surface area contributed by atoms with Crippen LogP contribution >= 0.6 is 0 Å². The van der Waals surface area contributed by atoms with Gasteiger partial charge >= 0.3 is 0 Å². The first-order valence-electron chi connectivity index (χ1n) is 9.79. The van der Waals surface area contributed by atoms with E-state index in [9.17, 15) is 0 Å². The average Bonchev–Trinajstić information content (AvgIpc) is 2.78. The molecule has 0 amide bonds. The van der Waals surface area contributed by atoms with Crippen LogP contribution < -0.4 is 24.2 Å². The Hall–Kier alpha value is -3.34. The predicted molar refractivity (Wildman–Crippen MR) is 117 cm³/mol. The normalized spacial score (nSPS) is 19.5. The molecule has 2 unspecified atom stereocenters. The van der Waals surface area contributed by atoms with E-state index in [0.29, 0.717) is 0 Å². The summed E-state index contributed by atoms with van der Waals surface area (Å²) in [5.41, 5.74) is 6.15. The lowest BCUT2D eigenvalue weighted by Crippen LogP contribution is -2.55. The highest BCUT2D eigenvalue weighted by atomic mass is 16.5. The third-order valence-corrected chi connectivity index (χ3v) is 6.08. The van der Waals surface area contributed by atoms with Gasteiger partial charge in [0.25, 0.3) is 0 Å². The molecule has 0 saturated heterocycles. The molecule has 3 aromatic rings. The van der Waals surface area contributed by atoms with Gasteiger partial charge in [-0.15, -0.1) is 0 Å². The molecule has 0 aromatic heterocycles. The minimum absolute atomic E-state index is 0.0686. The maximum absolute atomic E-state index is 5.57. The lowest BCUT2D eigenvalue weighted by atomic mass is 9.92. The van der Waals surface area contributed by atoms with Crippen molar-refractivity contribution in [2.75, 3.05) is 43.0 Å². The Morgan fingerprint density at radius 1 is 0.655 bits per heavy atom. The largest absolute Gasteiger partial charge is 0.497 e. The first-order valence-corrected chi connectivity index (χ1v) is 9.79. The highest BCUT2D eigenvalue weighted by molar-refractivity contribution is 5.75. The van der Waals surface area contributed by atoms with Crippen molar-refractivity contribution >= 4 is 17.1 Å². The van der Waals surface area contributed by atoms with E-state index in [1.807, 2.05) is 6.07 Å². The number of methoxy groups -OCH3 is 2. The standard InChI is InChI=1S/C24H25N3O2/c1-25-21-11-7-5-9-19(21)24-26(2)22-12-8-6-10-20(22)23(25)27(24)16-13-17(28-3)15-18(14-16)29-4/h5-15,23-24H,1-4H3. The Balaban J connectivity index is 1.78. The maximum atomic E-state index is 5.57. The van der Waals surface area contributed by atoms with E-state index in [2.05, 4.69) is 89.5 Å². The van der Waals surface area contributed by atoms with Crippen LogP contribution in [0.15, 0.2) is 66.7 Å². The lowest BCUT2D eigenvalue weighted by Gasteiger charge is -2.56. The van der Waals surface area contributed by atoms with Crippen molar-refractivity contribution in [3.8, 4) is 11.5 Å². The van der Waals surface area contributed by atoms with Crippen LogP contribution in [0.2, 0.25) is 0 Å². The summed E-state index contributed by atoms with van der Waals surface area (Å²) < 4.78 is 11.1. The summed E-state index contributed by atoms with van der Waals surface area (Å²) in [5, 5.41) is 0. The molecule has 2 atom stereocenters. The summed E-state index contributed by atoms with van der Waals surface area (Å²) in [5.74, 6) is 1.57. The first-order chi connectivity index (χ1) is 14.1. The van der Waals surface area contributed by atoms with Crippen molar-refractivity contribution in [2.45, 2.75) is 12.3 Å². The van der Waals surface area contributed by atoms with Gasteiger partial charge in [0.1, 0.15) is 23.8 Å². The molecule has 2 aliphatic heterocycles. The molecular formula is C24H25N3O2. The molecule has 2 bridgehead atoms. The van der Waals surface area contributed by atoms with Crippen LogP contribution in [0.5, 0.6) is 11.5 Å². The molecule has 0 N–H and O–H groups in total. The van der Waals surface area contributed by atoms with Crippen molar-refractivity contribution in [3.05, 3.63) is 77.9 Å². The van der Waals surface area contributed by atoms with Gasteiger partial charge in [-0.2, -0.15) is 0 Å². The Morgan fingerprint density at radius 3 is 1.55 bits per heavy atom. The van der Waals surface area contributed by atoms with Crippen LogP contribution in [0.1, 0.15) is 23.5 Å². The summed E-state index contributed by atoms with van der Waals surface area (Å²) in [6.07, 6.45) is 0.137. The number of rotatable bonds is 3. The third-order valence-electron chi connectivity index (χ3n) is 6.08. The number of benzene rings is 3. The monoisotopic (exact) mass is 387 g/mol. The second-order valence-corrected chi connectivity index (χ2v) is 7.56. The molecule has 0 fully saturated rings. The zero-order chi connectivity index (χ0) is 20.1. The summed E-state index contributed by atoms with van der Waals surface area (Å²) in [6, 6.07) is 23.4. The zero-order valence-electron chi connectivity index (χ0n) is 17.2. The van der Waals surface area contributed by atoms with Crippen molar-refractivity contribution in [1.29, 1.82) is 0 Å². The molecule has 2 heterocycles. The van der Waals surface area contributed by atoms with Gasteiger partial charge in [-0.05, 0) is 12.1 Å². The Kier molecular flexibility index (Phi) is 4.05. The van der Waals surface area contributed by atoms with Gasteiger partial charge in [0.15, 0.2) is 0 Å². The van der Waals surface area contributed by atoms with Crippen molar-refractivity contribution in [2.24, 2.45) is 0 Å². The van der Waals surface area contributed by atoms with Gasteiger partial charge in [0, 0.05) is 60.5 Å². The highest BCUT2D eigenvalue weighted by Crippen LogP contribution is 2.54. The first kappa shape index (κ1) is 17.7. The summed E-state index contributed by atoms with van der Waals surface area (Å²) in [4.78, 5) is 7.18. The van der Waals surface area contributed by atoms with E-state index < -0.39 is 0 Å². The Labute approximate surface area is 171 Å². The number of anilines is 3. The third kappa shape index (κ3) is 2.54. The summed E-state index contributed by atoms with van der Waals surface area (Å²) >= 11 is 0. The van der Waals surface area contributed by atoms with Gasteiger partial charge < -0.3 is 24.2 Å². The molecule has 5 heteroatoms. The number of para-hydroxylation sites is 2. The molecule has 29 heavy (non-hydrogen) atoms. The fourth-order valence-electron chi connectivity index (χ4n) is 4.77. The van der Waals surface area contributed by atoms with Gasteiger partial charge in [-0.25, -0.2) is 0 Å². The highest BCUT2D eigenvalue weighted by Gasteiger charge is 2.45. The van der Waals surface area contributed by atoms with Gasteiger partial charge in [-0.1, -0.05) is 36.4 Å². The minimum Gasteiger partial charge on any atom is -0.497 e. The quantitative estimate of drug-likeness (QED) is 0.643. The fraction of sp³-hybridized carbons (Fsp3) is 0.250. The molecular weight excluding hydrogens is 362 g/mol. The fourth-order valence-corrected chi connectivity index (χ4v) is 4.77. The molecule has 5 nitrogen and oxygen atoms in total. The summed E-state index contributed by atoms with van der Waals surface area (Å²) in [6.45, 7) is 0. The Bertz CT molecular complexity index is 988. The number of hydrogen-bond donors (Lipinski definition) is 0. The van der Waals surface area contributed by atoms with Crippen molar-refractivity contribution in [1.82, 2.24) is 0 Å². The van der Waals surface area contributed by atoms with Crippen LogP contribution in [0, 0.1) is 0 Å². The number of nitrogens with zero attached hydrogens (tertiary/aromatic N) is 3. The van der Waals surface area contributed by atoms with Crippen LogP contribution in [0.3, 0.4) is 0 Å². The Morgan fingerprint density at radius 2 is 1.10 bits per heavy atom. The van der Waals surface area contributed by atoms with E-state index in [0.717, 1.165) is 17.2 Å². The second kappa shape index (κ2) is 6.62. The van der Waals surface area contributed by atoms with Crippen LogP contribution in [-0.4, -0.2) is 28.3 Å². The van der Waals surface area contributed by atoms with Crippen LogP contribution in [0.25, 0.3) is 0 Å². The number of hydrogen-bond acceptors (Lipinski definition) is 5. The van der Waals surface area contributed by atoms with E-state index in [-0.39, 0.29) is 12.3 Å². The molecule has 3 aromatic carbocycles. The number of ether oxygens (including phenoxy) is 2. The van der Waals surface area contributed by atoms with Crippen molar-refractivity contribution in [3.63, 3.8) is 0 Å². The molecule has 148 valence electrons. The van der Waals surface area contributed by atoms with Crippen molar-refractivity contribution < 1.29 is 9.47 Å². The molecule has 0 radical (unpaired) electrons. The number of fused-ring (bicyclic) bond motifs is 6. The zero-order valence-corrected chi connectivity index (χ0v) is 17.2. The lowest BCUT2D eigenvalue weighted by molar-refractivity contribution is 0.392. The van der Waals surface area contributed by atoms with Crippen LogP contribution in [-0.2, 0) is 0 Å². The van der Waals surface area contributed by atoms with Crippen LogP contribution in [0.4, 0.5) is 17.1 Å². The summed E-state index contributed by atoms with van der Waals surface area (Å²) in [7, 11) is 7.73. The molecule has 0 saturated carbocycles. The van der Waals surface area contributed by atoms with Gasteiger partial charge in [-0.3, -0.25) is 0 Å². The second-order valence-electron chi connectivity index (χ2n) is 7.56. The van der Waals surface area contributed by atoms with E-state index in [1.165, 1.54) is 22.5 Å².